The van der Waals surface area contributed by atoms with Gasteiger partial charge in [-0.1, -0.05) is 0 Å². The third-order valence-corrected chi connectivity index (χ3v) is 5.35. The van der Waals surface area contributed by atoms with Gasteiger partial charge < -0.3 is 34.6 Å². The van der Waals surface area contributed by atoms with Crippen LogP contribution in [0.2, 0.25) is 0 Å². The summed E-state index contributed by atoms with van der Waals surface area (Å²) in [6, 6.07) is 2.65. The van der Waals surface area contributed by atoms with Crippen LogP contribution in [-0.4, -0.2) is 78.8 Å². The number of ether oxygens (including phenoxy) is 3. The first-order valence-electron chi connectivity index (χ1n) is 10.3. The zero-order valence-electron chi connectivity index (χ0n) is 17.6. The summed E-state index contributed by atoms with van der Waals surface area (Å²) in [5.74, 6) is -1.56. The maximum atomic E-state index is 14.1. The van der Waals surface area contributed by atoms with Crippen molar-refractivity contribution in [1.82, 2.24) is 9.97 Å². The van der Waals surface area contributed by atoms with Gasteiger partial charge in [0.25, 0.3) is 0 Å². The lowest BCUT2D eigenvalue weighted by Crippen LogP contribution is -2.40. The number of anilines is 2. The molecular weight excluding hydrogens is 423 g/mol. The van der Waals surface area contributed by atoms with Crippen molar-refractivity contribution in [2.45, 2.75) is 18.6 Å². The van der Waals surface area contributed by atoms with E-state index in [-0.39, 0.29) is 24.5 Å². The van der Waals surface area contributed by atoms with E-state index in [0.717, 1.165) is 6.07 Å². The molecule has 32 heavy (non-hydrogen) atoms. The topological polar surface area (TPSA) is 126 Å². The predicted octanol–water partition coefficient (Wildman–Crippen LogP) is 1.80. The first-order valence-corrected chi connectivity index (χ1v) is 10.3. The third kappa shape index (κ3) is 4.74. The highest BCUT2D eigenvalue weighted by Gasteiger charge is 2.36. The summed E-state index contributed by atoms with van der Waals surface area (Å²) in [5, 5.41) is 22.6. The fraction of sp³-hybridized carbons (Fsp3) is 0.476. The molecule has 172 valence electrons. The number of phenolic OH excluding ortho intramolecular Hbond substituents is 1. The number of carboxylic acids is 1. The number of carboxylic acid groups (broad SMARTS) is 1. The van der Waals surface area contributed by atoms with E-state index < -0.39 is 23.9 Å². The molecule has 1 aromatic carbocycles. The molecule has 2 aromatic rings. The molecule has 2 unspecified atom stereocenters. The number of morpholine rings is 1. The Labute approximate surface area is 183 Å². The molecule has 4 rings (SSSR count). The lowest BCUT2D eigenvalue weighted by molar-refractivity contribution is -0.139. The Morgan fingerprint density at radius 2 is 2.06 bits per heavy atom. The average Bonchev–Trinajstić information content (AvgIpc) is 2.78. The van der Waals surface area contributed by atoms with Crippen molar-refractivity contribution < 1.29 is 33.6 Å². The van der Waals surface area contributed by atoms with E-state index in [1.807, 2.05) is 4.90 Å². The molecule has 1 aromatic heterocycles. The molecule has 0 radical (unpaired) electrons. The minimum atomic E-state index is -1.05. The molecule has 3 heterocycles. The van der Waals surface area contributed by atoms with Crippen LogP contribution in [0.15, 0.2) is 18.2 Å². The molecule has 0 amide bonds. The number of rotatable bonds is 7. The van der Waals surface area contributed by atoms with E-state index >= 15 is 0 Å². The Kier molecular flexibility index (Phi) is 6.68. The van der Waals surface area contributed by atoms with Gasteiger partial charge in [0.05, 0.1) is 43.5 Å². The van der Waals surface area contributed by atoms with Crippen molar-refractivity contribution in [1.29, 1.82) is 0 Å². The SMILES string of the molecule is COCCOC1CC(C(=O)O)Nc2c(-c3cc(O)cc(F)c3)nc(N3CCOCC3)nc21. The van der Waals surface area contributed by atoms with E-state index in [1.54, 1.807) is 7.11 Å². The van der Waals surface area contributed by atoms with E-state index in [2.05, 4.69) is 10.3 Å². The summed E-state index contributed by atoms with van der Waals surface area (Å²) in [7, 11) is 1.55. The molecule has 11 heteroatoms. The van der Waals surface area contributed by atoms with E-state index in [0.29, 0.717) is 55.8 Å². The lowest BCUT2D eigenvalue weighted by atomic mass is 9.96. The molecule has 2 aliphatic rings. The van der Waals surface area contributed by atoms with Crippen LogP contribution in [0.3, 0.4) is 0 Å². The highest BCUT2D eigenvalue weighted by atomic mass is 19.1. The summed E-state index contributed by atoms with van der Waals surface area (Å²) in [5.41, 5.74) is 1.41. The highest BCUT2D eigenvalue weighted by Crippen LogP contribution is 2.41. The second-order valence-corrected chi connectivity index (χ2v) is 7.55. The Morgan fingerprint density at radius 1 is 1.28 bits per heavy atom. The van der Waals surface area contributed by atoms with Gasteiger partial charge in [0.2, 0.25) is 5.95 Å². The molecule has 0 bridgehead atoms. The smallest absolute Gasteiger partial charge is 0.326 e. The van der Waals surface area contributed by atoms with Gasteiger partial charge in [0.15, 0.2) is 0 Å². The molecule has 2 aliphatic heterocycles. The molecule has 10 nitrogen and oxygen atoms in total. The number of aromatic nitrogens is 2. The van der Waals surface area contributed by atoms with E-state index in [9.17, 15) is 19.4 Å². The summed E-state index contributed by atoms with van der Waals surface area (Å²) >= 11 is 0. The number of phenols is 1. The van der Waals surface area contributed by atoms with Gasteiger partial charge in [-0.25, -0.2) is 19.2 Å². The van der Waals surface area contributed by atoms with Crippen LogP contribution in [0, 0.1) is 5.82 Å². The molecule has 0 spiro atoms. The van der Waals surface area contributed by atoms with Gasteiger partial charge in [-0.15, -0.1) is 0 Å². The highest BCUT2D eigenvalue weighted by molar-refractivity contribution is 5.85. The van der Waals surface area contributed by atoms with Crippen LogP contribution < -0.4 is 10.2 Å². The molecule has 0 saturated carbocycles. The quantitative estimate of drug-likeness (QED) is 0.540. The van der Waals surface area contributed by atoms with Crippen LogP contribution in [0.5, 0.6) is 5.75 Å². The number of nitrogens with zero attached hydrogens (tertiary/aromatic N) is 3. The number of nitrogens with one attached hydrogen (secondary N) is 1. The number of aliphatic carboxylic acids is 1. The first-order chi connectivity index (χ1) is 15.5. The normalized spacial score (nSPS) is 20.5. The Bertz CT molecular complexity index is 965. The molecule has 2 atom stereocenters. The summed E-state index contributed by atoms with van der Waals surface area (Å²) in [6.45, 7) is 2.77. The fourth-order valence-electron chi connectivity index (χ4n) is 3.81. The number of fused-ring (bicyclic) bond motifs is 1. The minimum absolute atomic E-state index is 0.152. The van der Waals surface area contributed by atoms with Crippen LogP contribution in [0.1, 0.15) is 18.2 Å². The summed E-state index contributed by atoms with van der Waals surface area (Å²) < 4.78 is 30.5. The van der Waals surface area contributed by atoms with Gasteiger partial charge in [0, 0.05) is 38.2 Å². The fourth-order valence-corrected chi connectivity index (χ4v) is 3.81. The molecule has 3 N–H and O–H groups in total. The largest absolute Gasteiger partial charge is 0.508 e. The third-order valence-electron chi connectivity index (χ3n) is 5.35. The van der Waals surface area contributed by atoms with Crippen molar-refractivity contribution >= 4 is 17.6 Å². The average molecular weight is 448 g/mol. The number of benzene rings is 1. The standard InChI is InChI=1S/C21H25FN4O6/c1-30-6-7-32-16-11-15(20(28)29)23-19-17(12-8-13(22)10-14(27)9-12)24-21(25-18(16)19)26-2-4-31-5-3-26/h8-10,15-16,23,27H,2-7,11H2,1H3,(H,28,29). The zero-order valence-corrected chi connectivity index (χ0v) is 17.6. The number of halogens is 1. The molecule has 1 saturated heterocycles. The number of hydrogen-bond acceptors (Lipinski definition) is 9. The van der Waals surface area contributed by atoms with Crippen molar-refractivity contribution in [3.05, 3.63) is 29.7 Å². The number of carbonyl (C=O) groups is 1. The molecular formula is C21H25FN4O6. The molecule has 0 aliphatic carbocycles. The predicted molar refractivity (Wildman–Crippen MR) is 112 cm³/mol. The molecule has 1 fully saturated rings. The second-order valence-electron chi connectivity index (χ2n) is 7.55. The van der Waals surface area contributed by atoms with Crippen LogP contribution in [-0.2, 0) is 19.0 Å². The van der Waals surface area contributed by atoms with E-state index in [1.165, 1.54) is 12.1 Å². The number of aromatic hydroxyl groups is 1. The first kappa shape index (κ1) is 22.2. The van der Waals surface area contributed by atoms with Gasteiger partial charge in [-0.3, -0.25) is 0 Å². The van der Waals surface area contributed by atoms with Crippen molar-refractivity contribution in [3.63, 3.8) is 0 Å². The lowest BCUT2D eigenvalue weighted by Gasteiger charge is -2.33. The Morgan fingerprint density at radius 3 is 2.75 bits per heavy atom. The Hall–Kier alpha value is -3.02. The summed E-state index contributed by atoms with van der Waals surface area (Å²) in [6.07, 6.45) is -0.481. The monoisotopic (exact) mass is 448 g/mol. The number of methoxy groups -OCH3 is 1. The van der Waals surface area contributed by atoms with Crippen molar-refractivity contribution in [2.75, 3.05) is 56.8 Å². The van der Waals surface area contributed by atoms with Gasteiger partial charge >= 0.3 is 5.97 Å². The van der Waals surface area contributed by atoms with Crippen LogP contribution in [0.4, 0.5) is 16.0 Å². The number of hydrogen-bond donors (Lipinski definition) is 3. The van der Waals surface area contributed by atoms with Crippen LogP contribution in [0.25, 0.3) is 11.3 Å². The van der Waals surface area contributed by atoms with Crippen molar-refractivity contribution in [2.24, 2.45) is 0 Å². The minimum Gasteiger partial charge on any atom is -0.508 e. The zero-order chi connectivity index (χ0) is 22.7. The van der Waals surface area contributed by atoms with Gasteiger partial charge in [0.1, 0.15) is 23.7 Å². The maximum Gasteiger partial charge on any atom is 0.326 e. The Balaban J connectivity index is 1.85. The van der Waals surface area contributed by atoms with E-state index in [4.69, 9.17) is 19.2 Å². The maximum absolute atomic E-state index is 14.1. The second kappa shape index (κ2) is 9.63. The van der Waals surface area contributed by atoms with Gasteiger partial charge in [-0.05, 0) is 12.1 Å². The van der Waals surface area contributed by atoms with Gasteiger partial charge in [-0.2, -0.15) is 0 Å². The van der Waals surface area contributed by atoms with Crippen molar-refractivity contribution in [3.8, 4) is 17.0 Å². The summed E-state index contributed by atoms with van der Waals surface area (Å²) in [4.78, 5) is 23.1. The van der Waals surface area contributed by atoms with Crippen LogP contribution >= 0.6 is 0 Å².